The number of unbranched alkanes of at least 4 members (excludes halogenated alkanes) is 7. The molecule has 0 aliphatic heterocycles. The van der Waals surface area contributed by atoms with Crippen LogP contribution in [0.5, 0.6) is 5.75 Å². The highest BCUT2D eigenvalue weighted by atomic mass is 28.1. The van der Waals surface area contributed by atoms with Gasteiger partial charge in [0.2, 0.25) is 0 Å². The maximum absolute atomic E-state index is 11.1. The molecule has 174 valence electrons. The molecule has 0 saturated heterocycles. The van der Waals surface area contributed by atoms with Crippen molar-refractivity contribution in [2.45, 2.75) is 142 Å². The van der Waals surface area contributed by atoms with Crippen LogP contribution in [0.25, 0.3) is 0 Å². The van der Waals surface area contributed by atoms with Crippen molar-refractivity contribution in [1.82, 2.24) is 0 Å². The van der Waals surface area contributed by atoms with Gasteiger partial charge in [-0.1, -0.05) is 125 Å². The van der Waals surface area contributed by atoms with Crippen LogP contribution in [0.3, 0.4) is 0 Å². The second kappa shape index (κ2) is 12.3. The van der Waals surface area contributed by atoms with E-state index in [0.717, 1.165) is 16.7 Å². The number of hydrogen-bond acceptors (Lipinski definition) is 1. The minimum Gasteiger partial charge on any atom is -0.507 e. The second-order valence-electron chi connectivity index (χ2n) is 11.7. The maximum Gasteiger partial charge on any atom is 0.123 e. The fourth-order valence-corrected chi connectivity index (χ4v) is 6.05. The molecule has 0 aliphatic carbocycles. The van der Waals surface area contributed by atoms with E-state index in [9.17, 15) is 5.11 Å². The van der Waals surface area contributed by atoms with Gasteiger partial charge in [-0.15, -0.1) is 0 Å². The fourth-order valence-electron chi connectivity index (χ4n) is 4.78. The lowest BCUT2D eigenvalue weighted by atomic mass is 9.76. The smallest absolute Gasteiger partial charge is 0.123 e. The number of rotatable bonds is 12. The molecule has 1 N–H and O–H groups in total. The predicted octanol–water partition coefficient (Wildman–Crippen LogP) is 8.17. The Labute approximate surface area is 191 Å². The molecule has 0 amide bonds. The molecular formula is C28H52OSi. The molecule has 1 aromatic carbocycles. The molecule has 0 radical (unpaired) electrons. The number of phenols is 1. The zero-order chi connectivity index (χ0) is 22.9. The molecule has 0 aromatic heterocycles. The Morgan fingerprint density at radius 1 is 0.767 bits per heavy atom. The van der Waals surface area contributed by atoms with Gasteiger partial charge in [-0.3, -0.25) is 0 Å². The van der Waals surface area contributed by atoms with E-state index in [-0.39, 0.29) is 10.8 Å². The minimum atomic E-state index is -0.0448. The van der Waals surface area contributed by atoms with Gasteiger partial charge in [-0.25, -0.2) is 0 Å². The SMILES string of the molecule is CCCCCCCCCCC([SiH3])C(CC)c1cc(C(C)(C)C)c(O)c(C(C)(C)C)c1. The molecule has 1 nitrogen and oxygen atoms in total. The van der Waals surface area contributed by atoms with Crippen LogP contribution in [0.15, 0.2) is 12.1 Å². The van der Waals surface area contributed by atoms with Gasteiger partial charge in [0.15, 0.2) is 0 Å². The van der Waals surface area contributed by atoms with Crippen molar-refractivity contribution < 1.29 is 5.11 Å². The van der Waals surface area contributed by atoms with Crippen LogP contribution in [0.1, 0.15) is 142 Å². The predicted molar refractivity (Wildman–Crippen MR) is 139 cm³/mol. The lowest BCUT2D eigenvalue weighted by Crippen LogP contribution is -2.19. The number of benzene rings is 1. The lowest BCUT2D eigenvalue weighted by Gasteiger charge is -2.31. The van der Waals surface area contributed by atoms with Crippen molar-refractivity contribution in [2.24, 2.45) is 0 Å². The minimum absolute atomic E-state index is 0.0448. The summed E-state index contributed by atoms with van der Waals surface area (Å²) in [5.74, 6) is 1.14. The Morgan fingerprint density at radius 2 is 1.20 bits per heavy atom. The molecule has 30 heavy (non-hydrogen) atoms. The highest BCUT2D eigenvalue weighted by Crippen LogP contribution is 2.44. The molecule has 0 aliphatic rings. The standard InChI is InChI=1S/C28H52OSi/c1-9-11-12-13-14-15-16-17-18-25(30)22(10-2)21-19-23(27(3,4)5)26(29)24(20-21)28(6,7)8/h19-20,22,25,29H,9-18H2,1-8,30H3. The van der Waals surface area contributed by atoms with Gasteiger partial charge < -0.3 is 5.11 Å². The molecule has 1 rings (SSSR count). The van der Waals surface area contributed by atoms with E-state index in [4.69, 9.17) is 0 Å². The first-order valence-corrected chi connectivity index (χ1v) is 14.0. The van der Waals surface area contributed by atoms with Crippen LogP contribution < -0.4 is 0 Å². The van der Waals surface area contributed by atoms with Crippen LogP contribution in [0.4, 0.5) is 0 Å². The van der Waals surface area contributed by atoms with Gasteiger partial charge in [-0.05, 0) is 45.4 Å². The first kappa shape index (κ1) is 27.3. The summed E-state index contributed by atoms with van der Waals surface area (Å²) >= 11 is 0. The summed E-state index contributed by atoms with van der Waals surface area (Å²) in [6, 6.07) is 4.66. The quantitative estimate of drug-likeness (QED) is 0.261. The first-order valence-electron chi connectivity index (χ1n) is 12.8. The molecule has 0 bridgehead atoms. The summed E-state index contributed by atoms with van der Waals surface area (Å²) in [6.45, 7) is 18.0. The van der Waals surface area contributed by atoms with Gasteiger partial charge in [-0.2, -0.15) is 0 Å². The van der Waals surface area contributed by atoms with Crippen LogP contribution in [0.2, 0.25) is 5.54 Å². The van der Waals surface area contributed by atoms with Gasteiger partial charge in [0.1, 0.15) is 5.75 Å². The Hall–Kier alpha value is -0.763. The first-order chi connectivity index (χ1) is 13.9. The van der Waals surface area contributed by atoms with Gasteiger partial charge in [0, 0.05) is 10.2 Å². The molecule has 0 saturated carbocycles. The topological polar surface area (TPSA) is 20.2 Å². The third-order valence-electron chi connectivity index (χ3n) is 6.82. The van der Waals surface area contributed by atoms with E-state index < -0.39 is 0 Å². The average Bonchev–Trinajstić information content (AvgIpc) is 2.63. The molecule has 2 heteroatoms. The highest BCUT2D eigenvalue weighted by Gasteiger charge is 2.29. The average molecular weight is 433 g/mol. The Bertz CT molecular complexity index is 586. The van der Waals surface area contributed by atoms with Crippen LogP contribution in [-0.4, -0.2) is 15.3 Å². The molecule has 1 aromatic rings. The van der Waals surface area contributed by atoms with Crippen molar-refractivity contribution in [3.8, 4) is 5.75 Å². The Morgan fingerprint density at radius 3 is 1.60 bits per heavy atom. The third-order valence-corrected chi connectivity index (χ3v) is 8.20. The Kier molecular flexibility index (Phi) is 11.2. The van der Waals surface area contributed by atoms with Crippen molar-refractivity contribution >= 4 is 10.2 Å². The van der Waals surface area contributed by atoms with E-state index in [0.29, 0.717) is 11.7 Å². The van der Waals surface area contributed by atoms with Crippen LogP contribution in [0, 0.1) is 0 Å². The van der Waals surface area contributed by atoms with E-state index >= 15 is 0 Å². The monoisotopic (exact) mass is 432 g/mol. The molecule has 0 fully saturated rings. The summed E-state index contributed by atoms with van der Waals surface area (Å²) in [7, 11) is 1.25. The number of aromatic hydroxyl groups is 1. The third kappa shape index (κ3) is 8.40. The summed E-state index contributed by atoms with van der Waals surface area (Å²) in [6.07, 6.45) is 13.8. The zero-order valence-electron chi connectivity index (χ0n) is 21.8. The Balaban J connectivity index is 2.88. The maximum atomic E-state index is 11.1. The lowest BCUT2D eigenvalue weighted by molar-refractivity contribution is 0.421. The fraction of sp³-hybridized carbons (Fsp3) is 0.786. The summed E-state index contributed by atoms with van der Waals surface area (Å²) in [5.41, 5.74) is 4.42. The summed E-state index contributed by atoms with van der Waals surface area (Å²) in [5, 5.41) is 11.1. The van der Waals surface area contributed by atoms with E-state index in [1.54, 1.807) is 0 Å². The van der Waals surface area contributed by atoms with E-state index in [1.807, 2.05) is 0 Å². The van der Waals surface area contributed by atoms with E-state index in [1.165, 1.54) is 80.0 Å². The molecular weight excluding hydrogens is 380 g/mol. The molecule has 2 unspecified atom stereocenters. The molecule has 0 spiro atoms. The summed E-state index contributed by atoms with van der Waals surface area (Å²) < 4.78 is 0. The van der Waals surface area contributed by atoms with Crippen molar-refractivity contribution in [3.05, 3.63) is 28.8 Å². The number of hydrogen-bond donors (Lipinski definition) is 1. The summed E-state index contributed by atoms with van der Waals surface area (Å²) in [4.78, 5) is 0. The normalized spacial score (nSPS) is 14.8. The molecule has 2 atom stereocenters. The second-order valence-corrected chi connectivity index (χ2v) is 13.2. The van der Waals surface area contributed by atoms with Crippen molar-refractivity contribution in [2.75, 3.05) is 0 Å². The van der Waals surface area contributed by atoms with Crippen LogP contribution in [-0.2, 0) is 10.8 Å². The zero-order valence-corrected chi connectivity index (χ0v) is 23.8. The van der Waals surface area contributed by atoms with Gasteiger partial charge in [0.05, 0.1) is 0 Å². The van der Waals surface area contributed by atoms with Crippen molar-refractivity contribution in [3.63, 3.8) is 0 Å². The molecule has 0 heterocycles. The highest BCUT2D eigenvalue weighted by molar-refractivity contribution is 6.12. The van der Waals surface area contributed by atoms with Gasteiger partial charge in [0.25, 0.3) is 0 Å². The van der Waals surface area contributed by atoms with Gasteiger partial charge >= 0.3 is 0 Å². The van der Waals surface area contributed by atoms with Crippen molar-refractivity contribution in [1.29, 1.82) is 0 Å². The largest absolute Gasteiger partial charge is 0.507 e. The number of phenolic OH excluding ortho intramolecular Hbond substituents is 1. The van der Waals surface area contributed by atoms with Crippen LogP contribution >= 0.6 is 0 Å². The van der Waals surface area contributed by atoms with E-state index in [2.05, 4.69) is 67.5 Å².